The molecule has 1 aliphatic heterocycles. The van der Waals surface area contributed by atoms with Gasteiger partial charge in [0.25, 0.3) is 5.91 Å². The number of piperidine rings is 1. The number of ether oxygens (including phenoxy) is 1. The molecule has 1 saturated heterocycles. The summed E-state index contributed by atoms with van der Waals surface area (Å²) in [4.78, 5) is 27.3. The van der Waals surface area contributed by atoms with E-state index in [1.165, 1.54) is 17.0 Å². The smallest absolute Gasteiger partial charge is 0.419 e. The number of carboxylic acid groups (broad SMARTS) is 1. The molecule has 0 atom stereocenters. The van der Waals surface area contributed by atoms with E-state index in [-0.39, 0.29) is 57.6 Å². The van der Waals surface area contributed by atoms with Crippen LogP contribution in [0.4, 0.5) is 13.2 Å². The van der Waals surface area contributed by atoms with Gasteiger partial charge in [0.1, 0.15) is 12.4 Å². The summed E-state index contributed by atoms with van der Waals surface area (Å²) in [5, 5.41) is 23.6. The van der Waals surface area contributed by atoms with Crippen molar-refractivity contribution in [2.45, 2.75) is 45.2 Å². The third-order valence-electron chi connectivity index (χ3n) is 6.94. The second-order valence-corrected chi connectivity index (χ2v) is 11.4. The molecule has 0 bridgehead atoms. The first-order valence-corrected chi connectivity index (χ1v) is 14.8. The van der Waals surface area contributed by atoms with Crippen LogP contribution in [0.5, 0.6) is 5.75 Å². The highest BCUT2D eigenvalue weighted by atomic mass is 35.5. The molecule has 0 saturated carbocycles. The summed E-state index contributed by atoms with van der Waals surface area (Å²) >= 11 is 6.88. The number of amides is 1. The fourth-order valence-electron chi connectivity index (χ4n) is 4.59. The second kappa shape index (κ2) is 15.4. The van der Waals surface area contributed by atoms with Crippen molar-refractivity contribution < 1.29 is 38.0 Å². The van der Waals surface area contributed by atoms with E-state index >= 15 is 0 Å². The lowest BCUT2D eigenvalue weighted by Gasteiger charge is -2.31. The molecule has 13 heteroatoms. The number of amidine groups is 1. The number of carbonyl (C=O) groups is 2. The zero-order chi connectivity index (χ0) is 30.9. The molecule has 0 aromatic heterocycles. The normalized spacial score (nSPS) is 14.4. The maximum atomic E-state index is 14.0. The molecule has 2 aromatic rings. The predicted molar refractivity (Wildman–Crippen MR) is 157 cm³/mol. The Morgan fingerprint density at radius 3 is 2.52 bits per heavy atom. The largest absolute Gasteiger partial charge is 0.492 e. The van der Waals surface area contributed by atoms with E-state index in [0.717, 1.165) is 25.3 Å². The number of benzene rings is 2. The standard InChI is InChI=1S/C29H34ClF3N4O4S/c1-2-3-12-37(27(40)21-6-4-5-7-23(21)30)28(35)42-26(34)20-8-9-24(22(18-20)29(31,32)33)41-16-15-36-13-10-19(11-14-36)17-25(38)39/h4-9,18-19,34-35H,2-3,10-17H2,1H3,(H,38,39)/p+1. The van der Waals surface area contributed by atoms with Crippen molar-refractivity contribution in [3.05, 3.63) is 64.2 Å². The second-order valence-electron chi connectivity index (χ2n) is 10.0. The van der Waals surface area contributed by atoms with E-state index in [1.54, 1.807) is 24.3 Å². The quantitative estimate of drug-likeness (QED) is 0.237. The van der Waals surface area contributed by atoms with Crippen molar-refractivity contribution in [3.63, 3.8) is 0 Å². The number of rotatable bonds is 11. The summed E-state index contributed by atoms with van der Waals surface area (Å²) in [6.45, 7) is 3.92. The van der Waals surface area contributed by atoms with Crippen LogP contribution in [0.3, 0.4) is 0 Å². The highest BCUT2D eigenvalue weighted by Crippen LogP contribution is 2.37. The Bertz CT molecular complexity index is 1290. The molecule has 1 heterocycles. The fraction of sp³-hybridized carbons (Fsp3) is 0.448. The Hall–Kier alpha value is -3.09. The Labute approximate surface area is 252 Å². The van der Waals surface area contributed by atoms with Crippen molar-refractivity contribution in [3.8, 4) is 5.75 Å². The number of nitrogens with one attached hydrogen (secondary N) is 1. The summed E-state index contributed by atoms with van der Waals surface area (Å²) < 4.78 is 47.5. The number of unbranched alkanes of at least 4 members (excludes halogenated alkanes) is 1. The molecule has 0 radical (unpaired) electrons. The van der Waals surface area contributed by atoms with E-state index in [0.29, 0.717) is 37.8 Å². The molecule has 4 N–H and O–H groups in total. The monoisotopic (exact) mass is 627 g/mol. The lowest BCUT2D eigenvalue weighted by molar-refractivity contribution is -0.139. The van der Waals surface area contributed by atoms with Gasteiger partial charge in [0, 0.05) is 31.3 Å². The van der Waals surface area contributed by atoms with E-state index in [2.05, 4.69) is 0 Å². The van der Waals surface area contributed by atoms with Crippen LogP contribution in [-0.2, 0) is 11.0 Å². The maximum Gasteiger partial charge on any atom is 0.419 e. The SMILES string of the molecule is CCCCN(C(=N)SC(=[NH2+])c1ccc(OCCN2CCC(CC(=O)O)CC2)c(C(F)(F)F)c1)C(=O)c1ccccc1Cl. The van der Waals surface area contributed by atoms with Gasteiger partial charge < -0.3 is 9.84 Å². The minimum absolute atomic E-state index is 0.0289. The lowest BCUT2D eigenvalue weighted by atomic mass is 9.94. The van der Waals surface area contributed by atoms with Gasteiger partial charge in [-0.3, -0.25) is 24.8 Å². The van der Waals surface area contributed by atoms with Crippen molar-refractivity contribution in [2.75, 3.05) is 32.8 Å². The molecule has 2 aromatic carbocycles. The van der Waals surface area contributed by atoms with Crippen LogP contribution in [0.1, 0.15) is 60.5 Å². The van der Waals surface area contributed by atoms with E-state index < -0.39 is 23.6 Å². The average molecular weight is 628 g/mol. The van der Waals surface area contributed by atoms with E-state index in [4.69, 9.17) is 32.3 Å². The van der Waals surface area contributed by atoms with Crippen molar-refractivity contribution >= 4 is 45.5 Å². The van der Waals surface area contributed by atoms with Crippen LogP contribution in [0, 0.1) is 11.3 Å². The van der Waals surface area contributed by atoms with Gasteiger partial charge in [0.15, 0.2) is 5.17 Å². The number of nitrogens with zero attached hydrogens (tertiary/aromatic N) is 2. The summed E-state index contributed by atoms with van der Waals surface area (Å²) in [6, 6.07) is 9.93. The van der Waals surface area contributed by atoms with Gasteiger partial charge in [-0.2, -0.15) is 13.2 Å². The molecule has 42 heavy (non-hydrogen) atoms. The minimum Gasteiger partial charge on any atom is -0.492 e. The molecular weight excluding hydrogens is 593 g/mol. The summed E-state index contributed by atoms with van der Waals surface area (Å²) in [5.74, 6) is -1.55. The van der Waals surface area contributed by atoms with E-state index in [9.17, 15) is 22.8 Å². The van der Waals surface area contributed by atoms with Crippen molar-refractivity contribution in [1.29, 1.82) is 5.41 Å². The number of likely N-dealkylation sites (tertiary alicyclic amines) is 1. The average Bonchev–Trinajstić information content (AvgIpc) is 2.93. The fourth-order valence-corrected chi connectivity index (χ4v) is 5.54. The van der Waals surface area contributed by atoms with E-state index in [1.807, 2.05) is 11.8 Å². The highest BCUT2D eigenvalue weighted by Gasteiger charge is 2.36. The summed E-state index contributed by atoms with van der Waals surface area (Å²) in [7, 11) is 0. The Balaban J connectivity index is 1.67. The molecular formula is C29H35ClF3N4O4S+. The number of nitrogens with two attached hydrogens (primary N) is 1. The van der Waals surface area contributed by atoms with Crippen molar-refractivity contribution in [2.24, 2.45) is 5.92 Å². The third-order valence-corrected chi connectivity index (χ3v) is 8.14. The number of hydrogen-bond acceptors (Lipinski definition) is 6. The Kier molecular flexibility index (Phi) is 12.3. The predicted octanol–water partition coefficient (Wildman–Crippen LogP) is 5.04. The maximum absolute atomic E-state index is 14.0. The number of carbonyl (C=O) groups excluding carboxylic acids is 1. The number of carboxylic acids is 1. The number of aliphatic carboxylic acids is 1. The summed E-state index contributed by atoms with van der Waals surface area (Å²) in [5.41, 5.74) is -0.736. The van der Waals surface area contributed by atoms with Crippen LogP contribution < -0.4 is 10.1 Å². The number of alkyl halides is 3. The van der Waals surface area contributed by atoms with Gasteiger partial charge in [-0.25, -0.2) is 5.41 Å². The molecule has 1 aliphatic rings. The molecule has 1 fully saturated rings. The summed E-state index contributed by atoms with van der Waals surface area (Å²) in [6.07, 6.45) is -1.80. The highest BCUT2D eigenvalue weighted by molar-refractivity contribution is 8.26. The number of halogens is 4. The number of hydrogen-bond donors (Lipinski definition) is 3. The van der Waals surface area contributed by atoms with Gasteiger partial charge in [-0.1, -0.05) is 37.1 Å². The zero-order valence-corrected chi connectivity index (χ0v) is 24.8. The van der Waals surface area contributed by atoms with Crippen LogP contribution in [0.2, 0.25) is 5.02 Å². The first-order chi connectivity index (χ1) is 19.9. The Morgan fingerprint density at radius 1 is 1.21 bits per heavy atom. The molecule has 0 spiro atoms. The van der Waals surface area contributed by atoms with Gasteiger partial charge in [0.05, 0.1) is 21.7 Å². The van der Waals surface area contributed by atoms with Gasteiger partial charge >= 0.3 is 12.1 Å². The Morgan fingerprint density at radius 2 is 1.90 bits per heavy atom. The molecule has 228 valence electrons. The first kappa shape index (κ1) is 33.4. The third kappa shape index (κ3) is 9.47. The molecule has 1 amide bonds. The molecule has 0 aliphatic carbocycles. The molecule has 0 unspecified atom stereocenters. The van der Waals surface area contributed by atoms with Crippen LogP contribution >= 0.6 is 23.4 Å². The lowest BCUT2D eigenvalue weighted by Crippen LogP contribution is -2.42. The topological polar surface area (TPSA) is 120 Å². The van der Waals surface area contributed by atoms with Crippen LogP contribution in [0.15, 0.2) is 42.5 Å². The molecule has 3 rings (SSSR count). The zero-order valence-electron chi connectivity index (χ0n) is 23.3. The van der Waals surface area contributed by atoms with Gasteiger partial charge in [-0.05, 0) is 68.6 Å². The first-order valence-electron chi connectivity index (χ1n) is 13.6. The van der Waals surface area contributed by atoms with Gasteiger partial charge in [-0.15, -0.1) is 0 Å². The van der Waals surface area contributed by atoms with Crippen LogP contribution in [-0.4, -0.2) is 69.8 Å². The minimum atomic E-state index is -4.72. The van der Waals surface area contributed by atoms with Crippen LogP contribution in [0.25, 0.3) is 0 Å². The molecule has 8 nitrogen and oxygen atoms in total. The van der Waals surface area contributed by atoms with Gasteiger partial charge in [0.2, 0.25) is 5.04 Å². The van der Waals surface area contributed by atoms with Crippen molar-refractivity contribution in [1.82, 2.24) is 9.80 Å². The number of thioether (sulfide) groups is 1.